The molecule has 5 heteroatoms. The van der Waals surface area contributed by atoms with Gasteiger partial charge < -0.3 is 5.11 Å². The lowest BCUT2D eigenvalue weighted by Gasteiger charge is -2.13. The van der Waals surface area contributed by atoms with Crippen LogP contribution in [0.4, 0.5) is 0 Å². The Labute approximate surface area is 182 Å². The SMILES string of the molecule is CCCCCCCCC(CCCCCCCCCCCCCC(C)O)S(=O)(=O)O. The fourth-order valence-electron chi connectivity index (χ4n) is 4.00. The molecule has 0 aromatic rings. The first-order chi connectivity index (χ1) is 13.9. The largest absolute Gasteiger partial charge is 0.393 e. The lowest BCUT2D eigenvalue weighted by Crippen LogP contribution is -2.20. The summed E-state index contributed by atoms with van der Waals surface area (Å²) in [4.78, 5) is 0. The minimum atomic E-state index is -3.90. The van der Waals surface area contributed by atoms with Gasteiger partial charge in [0.15, 0.2) is 0 Å². The second-order valence-corrected chi connectivity index (χ2v) is 10.7. The van der Waals surface area contributed by atoms with Crippen molar-refractivity contribution in [3.8, 4) is 0 Å². The van der Waals surface area contributed by atoms with Gasteiger partial charge in [-0.1, -0.05) is 116 Å². The molecule has 176 valence electrons. The molecular formula is C24H50O4S. The van der Waals surface area contributed by atoms with Crippen molar-refractivity contribution in [1.82, 2.24) is 0 Å². The first kappa shape index (κ1) is 28.9. The molecule has 0 aromatic carbocycles. The van der Waals surface area contributed by atoms with Crippen molar-refractivity contribution < 1.29 is 18.1 Å². The maximum Gasteiger partial charge on any atom is 0.267 e. The fourth-order valence-corrected chi connectivity index (χ4v) is 4.93. The number of hydrogen-bond acceptors (Lipinski definition) is 3. The zero-order chi connectivity index (χ0) is 21.8. The Morgan fingerprint density at radius 3 is 1.21 bits per heavy atom. The van der Waals surface area contributed by atoms with Crippen molar-refractivity contribution in [2.24, 2.45) is 0 Å². The third kappa shape index (κ3) is 20.9. The van der Waals surface area contributed by atoms with Crippen LogP contribution in [0.3, 0.4) is 0 Å². The van der Waals surface area contributed by atoms with E-state index >= 15 is 0 Å². The van der Waals surface area contributed by atoms with Crippen LogP contribution < -0.4 is 0 Å². The molecule has 4 nitrogen and oxygen atoms in total. The molecule has 0 amide bonds. The van der Waals surface area contributed by atoms with Crippen LogP contribution >= 0.6 is 0 Å². The summed E-state index contributed by atoms with van der Waals surface area (Å²) in [6, 6.07) is 0. The predicted molar refractivity (Wildman–Crippen MR) is 125 cm³/mol. The summed E-state index contributed by atoms with van der Waals surface area (Å²) in [5.41, 5.74) is 0. The molecule has 0 fully saturated rings. The second kappa shape index (κ2) is 19.8. The van der Waals surface area contributed by atoms with Crippen LogP contribution in [0, 0.1) is 0 Å². The van der Waals surface area contributed by atoms with Crippen molar-refractivity contribution in [2.75, 3.05) is 0 Å². The smallest absolute Gasteiger partial charge is 0.267 e. The third-order valence-electron chi connectivity index (χ3n) is 5.95. The van der Waals surface area contributed by atoms with Gasteiger partial charge in [0.2, 0.25) is 0 Å². The fraction of sp³-hybridized carbons (Fsp3) is 1.00. The Hall–Kier alpha value is -0.130. The quantitative estimate of drug-likeness (QED) is 0.137. The van der Waals surface area contributed by atoms with Crippen molar-refractivity contribution in [3.63, 3.8) is 0 Å². The van der Waals surface area contributed by atoms with E-state index in [0.29, 0.717) is 12.8 Å². The summed E-state index contributed by atoms with van der Waals surface area (Å²) >= 11 is 0. The summed E-state index contributed by atoms with van der Waals surface area (Å²) in [6.45, 7) is 4.05. The average Bonchev–Trinajstić information content (AvgIpc) is 2.65. The highest BCUT2D eigenvalue weighted by Crippen LogP contribution is 2.19. The third-order valence-corrected chi connectivity index (χ3v) is 7.26. The Morgan fingerprint density at radius 1 is 0.586 bits per heavy atom. The molecule has 2 atom stereocenters. The van der Waals surface area contributed by atoms with Crippen LogP contribution in [0.15, 0.2) is 0 Å². The van der Waals surface area contributed by atoms with Gasteiger partial charge in [0.1, 0.15) is 0 Å². The molecule has 2 N–H and O–H groups in total. The first-order valence-corrected chi connectivity index (χ1v) is 14.0. The van der Waals surface area contributed by atoms with E-state index in [1.54, 1.807) is 0 Å². The Bertz CT molecular complexity index is 434. The minimum Gasteiger partial charge on any atom is -0.393 e. The molecule has 0 saturated carbocycles. The van der Waals surface area contributed by atoms with Gasteiger partial charge >= 0.3 is 0 Å². The summed E-state index contributed by atoms with van der Waals surface area (Å²) in [5, 5.41) is 8.66. The summed E-state index contributed by atoms with van der Waals surface area (Å²) in [5.74, 6) is 0. The van der Waals surface area contributed by atoms with Crippen LogP contribution in [0.1, 0.15) is 142 Å². The lowest BCUT2D eigenvalue weighted by atomic mass is 10.0. The molecule has 0 aromatic heterocycles. The zero-order valence-corrected chi connectivity index (χ0v) is 20.2. The van der Waals surface area contributed by atoms with Gasteiger partial charge in [0, 0.05) is 0 Å². The number of aliphatic hydroxyl groups excluding tert-OH is 1. The zero-order valence-electron chi connectivity index (χ0n) is 19.4. The molecule has 0 aliphatic heterocycles. The van der Waals surface area contributed by atoms with E-state index in [1.165, 1.54) is 77.0 Å². The molecule has 2 unspecified atom stereocenters. The maximum atomic E-state index is 11.6. The topological polar surface area (TPSA) is 74.6 Å². The van der Waals surface area contributed by atoms with Gasteiger partial charge in [-0.3, -0.25) is 4.55 Å². The van der Waals surface area contributed by atoms with Crippen LogP contribution in [0.25, 0.3) is 0 Å². The molecule has 0 radical (unpaired) electrons. The monoisotopic (exact) mass is 434 g/mol. The summed E-state index contributed by atoms with van der Waals surface area (Å²) < 4.78 is 32.7. The Balaban J connectivity index is 3.56. The van der Waals surface area contributed by atoms with Gasteiger partial charge in [0.25, 0.3) is 10.1 Å². The molecule has 0 heterocycles. The van der Waals surface area contributed by atoms with E-state index in [2.05, 4.69) is 6.92 Å². The highest BCUT2D eigenvalue weighted by Gasteiger charge is 2.21. The van der Waals surface area contributed by atoms with Crippen LogP contribution in [0.5, 0.6) is 0 Å². The van der Waals surface area contributed by atoms with Crippen molar-refractivity contribution >= 4 is 10.1 Å². The maximum absolute atomic E-state index is 11.6. The van der Waals surface area contributed by atoms with Crippen LogP contribution in [-0.2, 0) is 10.1 Å². The lowest BCUT2D eigenvalue weighted by molar-refractivity contribution is 0.180. The molecule has 0 saturated heterocycles. The average molecular weight is 435 g/mol. The minimum absolute atomic E-state index is 0.154. The first-order valence-electron chi connectivity index (χ1n) is 12.5. The van der Waals surface area contributed by atoms with E-state index in [4.69, 9.17) is 0 Å². The highest BCUT2D eigenvalue weighted by atomic mass is 32.2. The van der Waals surface area contributed by atoms with Crippen molar-refractivity contribution in [1.29, 1.82) is 0 Å². The predicted octanol–water partition coefficient (Wildman–Crippen LogP) is 7.45. The molecule has 29 heavy (non-hydrogen) atoms. The molecule has 0 aliphatic carbocycles. The van der Waals surface area contributed by atoms with Crippen molar-refractivity contribution in [2.45, 2.75) is 154 Å². The molecule has 0 aliphatic rings. The van der Waals surface area contributed by atoms with E-state index in [-0.39, 0.29) is 6.10 Å². The molecular weight excluding hydrogens is 384 g/mol. The summed E-state index contributed by atoms with van der Waals surface area (Å²) in [6.07, 6.45) is 22.1. The number of rotatable bonds is 22. The van der Waals surface area contributed by atoms with Gasteiger partial charge in [-0.05, 0) is 26.2 Å². The van der Waals surface area contributed by atoms with E-state index in [0.717, 1.165) is 38.5 Å². The van der Waals surface area contributed by atoms with E-state index < -0.39 is 15.4 Å². The highest BCUT2D eigenvalue weighted by molar-refractivity contribution is 7.86. The Kier molecular flexibility index (Phi) is 19.7. The molecule has 0 bridgehead atoms. The van der Waals surface area contributed by atoms with Crippen molar-refractivity contribution in [3.05, 3.63) is 0 Å². The molecule has 0 spiro atoms. The normalized spacial score (nSPS) is 14.2. The standard InChI is InChI=1S/C24H50O4S/c1-3-4-5-6-15-18-21-24(29(26,27)28)22-19-16-13-11-9-7-8-10-12-14-17-20-23(2)25/h23-25H,3-22H2,1-2H3,(H,26,27,28). The number of unbranched alkanes of at least 4 members (excludes halogenated alkanes) is 15. The summed E-state index contributed by atoms with van der Waals surface area (Å²) in [7, 11) is -3.90. The van der Waals surface area contributed by atoms with Gasteiger partial charge in [-0.15, -0.1) is 0 Å². The van der Waals surface area contributed by atoms with Gasteiger partial charge in [-0.25, -0.2) is 0 Å². The number of aliphatic hydroxyl groups is 1. The Morgan fingerprint density at radius 2 is 0.897 bits per heavy atom. The van der Waals surface area contributed by atoms with E-state index in [9.17, 15) is 18.1 Å². The van der Waals surface area contributed by atoms with Gasteiger partial charge in [-0.2, -0.15) is 8.42 Å². The second-order valence-electron chi connectivity index (χ2n) is 9.01. The van der Waals surface area contributed by atoms with Gasteiger partial charge in [0.05, 0.1) is 11.4 Å². The molecule has 0 rings (SSSR count). The van der Waals surface area contributed by atoms with Crippen LogP contribution in [0.2, 0.25) is 0 Å². The van der Waals surface area contributed by atoms with E-state index in [1.807, 2.05) is 6.92 Å². The number of hydrogen-bond donors (Lipinski definition) is 2. The van der Waals surface area contributed by atoms with Crippen LogP contribution in [-0.4, -0.2) is 29.4 Å².